The van der Waals surface area contributed by atoms with E-state index in [0.29, 0.717) is 5.56 Å². The van der Waals surface area contributed by atoms with Gasteiger partial charge in [-0.1, -0.05) is 67.8 Å². The number of nitrogens with zero attached hydrogens (tertiary/aromatic N) is 1. The third-order valence-corrected chi connectivity index (χ3v) is 8.09. The Balaban J connectivity index is 1.44. The van der Waals surface area contributed by atoms with Crippen LogP contribution in [-0.2, 0) is 7.05 Å². The lowest BCUT2D eigenvalue weighted by Gasteiger charge is -2.14. The minimum absolute atomic E-state index is 0.353. The highest BCUT2D eigenvalue weighted by atomic mass is 14.9. The first-order chi connectivity index (χ1) is 17.6. The van der Waals surface area contributed by atoms with Gasteiger partial charge in [-0.3, -0.25) is 0 Å². The molecule has 1 nitrogen and oxygen atoms in total. The van der Waals surface area contributed by atoms with Crippen molar-refractivity contribution in [2.75, 3.05) is 0 Å². The minimum atomic E-state index is -2.23. The maximum atomic E-state index is 9.25. The highest BCUT2D eigenvalue weighted by Crippen LogP contribution is 2.50. The smallest absolute Gasteiger partial charge is 0.201 e. The molecular formula is C32H34N+. The summed E-state index contributed by atoms with van der Waals surface area (Å²) in [6.45, 7) is -0.148. The molecule has 2 unspecified atom stereocenters. The van der Waals surface area contributed by atoms with Gasteiger partial charge in [-0.15, -0.1) is 0 Å². The van der Waals surface area contributed by atoms with Crippen LogP contribution in [-0.4, -0.2) is 0 Å². The number of rotatable bonds is 3. The summed E-state index contributed by atoms with van der Waals surface area (Å²) in [5.41, 5.74) is 6.35. The molecular weight excluding hydrogens is 398 g/mol. The van der Waals surface area contributed by atoms with E-state index in [1.54, 1.807) is 6.20 Å². The van der Waals surface area contributed by atoms with Gasteiger partial charge >= 0.3 is 0 Å². The van der Waals surface area contributed by atoms with Crippen LogP contribution in [0.15, 0.2) is 72.9 Å². The zero-order valence-electron chi connectivity index (χ0n) is 23.6. The SMILES string of the molecule is [2H]C([2H])([2H])c1c[n+](C)c(-c2ccccc2C)cc1-c1ccc2cc(C3([2H])CC4CCCC4C3)ccc2c1. The molecule has 0 aliphatic heterocycles. The second kappa shape index (κ2) is 8.13. The molecule has 0 bridgehead atoms. The van der Waals surface area contributed by atoms with Crippen molar-refractivity contribution in [1.82, 2.24) is 0 Å². The number of aryl methyl sites for hydroxylation is 3. The van der Waals surface area contributed by atoms with E-state index >= 15 is 0 Å². The van der Waals surface area contributed by atoms with Crippen molar-refractivity contribution in [1.29, 1.82) is 0 Å². The van der Waals surface area contributed by atoms with Crippen LogP contribution in [0.3, 0.4) is 0 Å². The van der Waals surface area contributed by atoms with Crippen LogP contribution in [0.5, 0.6) is 0 Å². The van der Waals surface area contributed by atoms with Crippen molar-refractivity contribution in [3.8, 4) is 22.4 Å². The maximum absolute atomic E-state index is 9.25. The Bertz CT molecular complexity index is 1490. The first-order valence-corrected chi connectivity index (χ1v) is 12.3. The number of pyridine rings is 1. The molecule has 6 rings (SSSR count). The van der Waals surface area contributed by atoms with Gasteiger partial charge in [-0.05, 0) is 89.5 Å². The molecule has 4 aromatic rings. The average Bonchev–Trinajstić information content (AvgIpc) is 3.42. The fraction of sp³-hybridized carbons (Fsp3) is 0.344. The minimum Gasteiger partial charge on any atom is -0.201 e. The van der Waals surface area contributed by atoms with E-state index in [1.165, 1.54) is 19.3 Å². The number of fused-ring (bicyclic) bond motifs is 2. The molecule has 0 saturated heterocycles. The fourth-order valence-corrected chi connectivity index (χ4v) is 6.25. The van der Waals surface area contributed by atoms with Gasteiger partial charge in [-0.25, -0.2) is 4.57 Å². The predicted octanol–water partition coefficient (Wildman–Crippen LogP) is 7.91. The van der Waals surface area contributed by atoms with Crippen LogP contribution in [0.25, 0.3) is 33.2 Å². The van der Waals surface area contributed by atoms with Crippen LogP contribution in [0.4, 0.5) is 0 Å². The molecule has 166 valence electrons. The molecule has 0 radical (unpaired) electrons. The lowest BCUT2D eigenvalue weighted by molar-refractivity contribution is -0.660. The van der Waals surface area contributed by atoms with Gasteiger partial charge in [0.15, 0.2) is 6.20 Å². The predicted molar refractivity (Wildman–Crippen MR) is 138 cm³/mol. The Morgan fingerprint density at radius 1 is 0.848 bits per heavy atom. The molecule has 0 N–H and O–H groups in total. The summed E-state index contributed by atoms with van der Waals surface area (Å²) in [5, 5.41) is 2.19. The summed E-state index contributed by atoms with van der Waals surface area (Å²) in [6.07, 6.45) is 7.62. The quantitative estimate of drug-likeness (QED) is 0.287. The normalized spacial score (nSPS) is 26.5. The Labute approximate surface area is 203 Å². The van der Waals surface area contributed by atoms with Crippen molar-refractivity contribution in [3.63, 3.8) is 0 Å². The summed E-state index contributed by atoms with van der Waals surface area (Å²) < 4.78 is 35.9. The summed E-state index contributed by atoms with van der Waals surface area (Å²) in [4.78, 5) is 0. The van der Waals surface area contributed by atoms with Crippen LogP contribution >= 0.6 is 0 Å². The summed E-state index contributed by atoms with van der Waals surface area (Å²) in [5.74, 6) is 0.958. The van der Waals surface area contributed by atoms with Gasteiger partial charge in [0.05, 0.1) is 0 Å². The van der Waals surface area contributed by atoms with Crippen LogP contribution < -0.4 is 4.57 Å². The van der Waals surface area contributed by atoms with Gasteiger partial charge in [0.1, 0.15) is 7.05 Å². The van der Waals surface area contributed by atoms with Crippen molar-refractivity contribution < 1.29 is 10.1 Å². The Morgan fingerprint density at radius 3 is 2.39 bits per heavy atom. The molecule has 1 heteroatoms. The Morgan fingerprint density at radius 2 is 1.61 bits per heavy atom. The Hall–Kier alpha value is -2.93. The molecule has 1 aromatic heterocycles. The standard InChI is InChI=1S/C32H34N/c1-21-7-4-5-10-30(21)32-19-31(22(2)20-33(32)3)28-14-13-25-15-27(12-11-26(25)16-28)29-17-23-8-6-9-24(23)18-29/h4-5,7,10-16,19-20,23-24,29H,6,8-9,17-18H2,1-3H3/q+1/i2D3,29D. The third-order valence-electron chi connectivity index (χ3n) is 8.09. The maximum Gasteiger partial charge on any atom is 0.213 e. The molecule has 0 amide bonds. The van der Waals surface area contributed by atoms with E-state index in [-0.39, 0.29) is 0 Å². The summed E-state index contributed by atoms with van der Waals surface area (Å²) in [6, 6.07) is 22.9. The zero-order valence-corrected chi connectivity index (χ0v) is 19.6. The first kappa shape index (κ1) is 16.6. The van der Waals surface area contributed by atoms with Crippen molar-refractivity contribution in [3.05, 3.63) is 89.6 Å². The van der Waals surface area contributed by atoms with E-state index in [4.69, 9.17) is 4.11 Å². The Kier molecular flexibility index (Phi) is 4.10. The van der Waals surface area contributed by atoms with Crippen LogP contribution in [0, 0.1) is 25.6 Å². The summed E-state index contributed by atoms with van der Waals surface area (Å²) >= 11 is 0. The number of hydrogen-bond acceptors (Lipinski definition) is 0. The van der Waals surface area contributed by atoms with Crippen LogP contribution in [0.2, 0.25) is 0 Å². The van der Waals surface area contributed by atoms with Crippen LogP contribution in [0.1, 0.15) is 60.2 Å². The monoisotopic (exact) mass is 436 g/mol. The molecule has 3 aromatic carbocycles. The van der Waals surface area contributed by atoms with Crippen molar-refractivity contribution >= 4 is 10.8 Å². The topological polar surface area (TPSA) is 3.88 Å². The molecule has 2 aliphatic rings. The van der Waals surface area contributed by atoms with E-state index in [2.05, 4.69) is 49.4 Å². The summed E-state index contributed by atoms with van der Waals surface area (Å²) in [7, 11) is 1.91. The van der Waals surface area contributed by atoms with Crippen molar-refractivity contribution in [2.45, 2.75) is 51.8 Å². The molecule has 2 saturated carbocycles. The highest BCUT2D eigenvalue weighted by molar-refractivity contribution is 5.88. The third kappa shape index (κ3) is 3.68. The van der Waals surface area contributed by atoms with E-state index < -0.39 is 12.7 Å². The van der Waals surface area contributed by atoms with Gasteiger partial charge < -0.3 is 0 Å². The average molecular weight is 437 g/mol. The number of benzene rings is 3. The lowest BCUT2D eigenvalue weighted by Crippen LogP contribution is -2.31. The molecule has 0 spiro atoms. The zero-order chi connectivity index (χ0) is 25.9. The van der Waals surface area contributed by atoms with E-state index in [9.17, 15) is 1.37 Å². The lowest BCUT2D eigenvalue weighted by atomic mass is 9.91. The van der Waals surface area contributed by atoms with E-state index in [1.807, 2.05) is 35.9 Å². The number of hydrogen-bond donors (Lipinski definition) is 0. The first-order valence-electron chi connectivity index (χ1n) is 14.3. The molecule has 2 aliphatic carbocycles. The van der Waals surface area contributed by atoms with Gasteiger partial charge in [0.2, 0.25) is 5.69 Å². The van der Waals surface area contributed by atoms with Gasteiger partial charge in [0, 0.05) is 22.7 Å². The van der Waals surface area contributed by atoms with Gasteiger partial charge in [-0.2, -0.15) is 0 Å². The van der Waals surface area contributed by atoms with Gasteiger partial charge in [0.25, 0.3) is 0 Å². The second-order valence-electron chi connectivity index (χ2n) is 10.2. The van der Waals surface area contributed by atoms with E-state index in [0.717, 1.165) is 69.0 Å². The highest BCUT2D eigenvalue weighted by Gasteiger charge is 2.37. The van der Waals surface area contributed by atoms with Crippen molar-refractivity contribution in [2.24, 2.45) is 18.9 Å². The fourth-order valence-electron chi connectivity index (χ4n) is 6.25. The molecule has 33 heavy (non-hydrogen) atoms. The number of aromatic nitrogens is 1. The second-order valence-corrected chi connectivity index (χ2v) is 10.2. The molecule has 1 heterocycles. The molecule has 2 atom stereocenters. The molecule has 2 fully saturated rings. The largest absolute Gasteiger partial charge is 0.213 e.